The van der Waals surface area contributed by atoms with Gasteiger partial charge in [-0.25, -0.2) is 0 Å². The van der Waals surface area contributed by atoms with Crippen molar-refractivity contribution in [3.8, 4) is 5.75 Å². The van der Waals surface area contributed by atoms with Crippen molar-refractivity contribution in [1.82, 2.24) is 14.8 Å². The molecule has 0 radical (unpaired) electrons. The van der Waals surface area contributed by atoms with E-state index in [-0.39, 0.29) is 5.91 Å². The van der Waals surface area contributed by atoms with Crippen molar-refractivity contribution in [3.63, 3.8) is 0 Å². The van der Waals surface area contributed by atoms with Crippen LogP contribution in [0.3, 0.4) is 0 Å². The number of rotatable bonds is 5. The van der Waals surface area contributed by atoms with Crippen molar-refractivity contribution in [2.24, 2.45) is 0 Å². The van der Waals surface area contributed by atoms with E-state index in [9.17, 15) is 4.79 Å². The van der Waals surface area contributed by atoms with Crippen molar-refractivity contribution in [2.45, 2.75) is 25.9 Å². The summed E-state index contributed by atoms with van der Waals surface area (Å²) in [7, 11) is 3.60. The van der Waals surface area contributed by atoms with Crippen LogP contribution in [-0.4, -0.2) is 47.9 Å². The second-order valence-corrected chi connectivity index (χ2v) is 7.69. The van der Waals surface area contributed by atoms with Crippen LogP contribution in [0.5, 0.6) is 5.75 Å². The summed E-state index contributed by atoms with van der Waals surface area (Å²) in [6.45, 7) is 3.33. The van der Waals surface area contributed by atoms with Crippen molar-refractivity contribution in [3.05, 3.63) is 65.4 Å². The third-order valence-electron chi connectivity index (χ3n) is 5.34. The molecule has 1 N–H and O–H groups in total. The predicted molar refractivity (Wildman–Crippen MR) is 111 cm³/mol. The number of hydrogen-bond donors (Lipinski definition) is 1. The van der Waals surface area contributed by atoms with E-state index >= 15 is 0 Å². The lowest BCUT2D eigenvalue weighted by Gasteiger charge is -2.19. The molecule has 1 aliphatic rings. The SMILES string of the molecule is CN(C)C(=O)CCc1ccc2c(c1)CN(Cc1ccc3cc[nH]c3c1)CCO2. The minimum Gasteiger partial charge on any atom is -0.492 e. The maximum Gasteiger partial charge on any atom is 0.222 e. The smallest absolute Gasteiger partial charge is 0.222 e. The first kappa shape index (κ1) is 18.6. The molecule has 3 aromatic rings. The number of ether oxygens (including phenoxy) is 1. The van der Waals surface area contributed by atoms with Gasteiger partial charge in [0.25, 0.3) is 0 Å². The Hall–Kier alpha value is -2.79. The lowest BCUT2D eigenvalue weighted by molar-refractivity contribution is -0.128. The van der Waals surface area contributed by atoms with Gasteiger partial charge < -0.3 is 14.6 Å². The molecule has 1 aromatic heterocycles. The Bertz CT molecular complexity index is 977. The molecule has 5 nitrogen and oxygen atoms in total. The summed E-state index contributed by atoms with van der Waals surface area (Å²) in [5, 5.41) is 1.24. The number of carbonyl (C=O) groups is 1. The third-order valence-corrected chi connectivity index (χ3v) is 5.34. The maximum absolute atomic E-state index is 11.9. The van der Waals surface area contributed by atoms with Gasteiger partial charge in [0.05, 0.1) is 0 Å². The summed E-state index contributed by atoms with van der Waals surface area (Å²) >= 11 is 0. The molecule has 5 heteroatoms. The van der Waals surface area contributed by atoms with Crippen LogP contribution in [0.2, 0.25) is 0 Å². The molecule has 2 heterocycles. The fourth-order valence-corrected chi connectivity index (χ4v) is 3.72. The zero-order valence-electron chi connectivity index (χ0n) is 16.6. The number of hydrogen-bond acceptors (Lipinski definition) is 3. The second kappa shape index (κ2) is 8.07. The Morgan fingerprint density at radius 1 is 1.14 bits per heavy atom. The van der Waals surface area contributed by atoms with Crippen LogP contribution < -0.4 is 4.74 Å². The number of fused-ring (bicyclic) bond motifs is 2. The van der Waals surface area contributed by atoms with Gasteiger partial charge in [-0.2, -0.15) is 0 Å². The van der Waals surface area contributed by atoms with Crippen LogP contribution in [0, 0.1) is 0 Å². The molecule has 1 aliphatic heterocycles. The van der Waals surface area contributed by atoms with Crippen LogP contribution >= 0.6 is 0 Å². The molecule has 0 unspecified atom stereocenters. The number of aromatic amines is 1. The summed E-state index contributed by atoms with van der Waals surface area (Å²) in [4.78, 5) is 19.2. The van der Waals surface area contributed by atoms with Crippen molar-refractivity contribution >= 4 is 16.8 Å². The van der Waals surface area contributed by atoms with E-state index in [1.165, 1.54) is 27.6 Å². The zero-order chi connectivity index (χ0) is 19.5. The summed E-state index contributed by atoms with van der Waals surface area (Å²) in [5.41, 5.74) is 4.86. The lowest BCUT2D eigenvalue weighted by Crippen LogP contribution is -2.25. The minimum absolute atomic E-state index is 0.160. The number of aryl methyl sites for hydroxylation is 1. The third kappa shape index (κ3) is 4.20. The molecular formula is C23H27N3O2. The number of benzene rings is 2. The van der Waals surface area contributed by atoms with Gasteiger partial charge in [0.15, 0.2) is 0 Å². The molecule has 2 aromatic carbocycles. The number of H-pyrrole nitrogens is 1. The normalized spacial score (nSPS) is 14.4. The number of aromatic nitrogens is 1. The van der Waals surface area contributed by atoms with Gasteiger partial charge in [0, 0.05) is 57.4 Å². The molecule has 0 bridgehead atoms. The molecule has 0 aliphatic carbocycles. The monoisotopic (exact) mass is 377 g/mol. The Labute approximate surface area is 165 Å². The molecule has 0 spiro atoms. The van der Waals surface area contributed by atoms with E-state index in [1.54, 1.807) is 19.0 Å². The molecule has 1 amide bonds. The first-order chi connectivity index (χ1) is 13.6. The lowest BCUT2D eigenvalue weighted by atomic mass is 10.0. The Morgan fingerprint density at radius 3 is 2.86 bits per heavy atom. The van der Waals surface area contributed by atoms with Gasteiger partial charge in [-0.3, -0.25) is 9.69 Å². The second-order valence-electron chi connectivity index (χ2n) is 7.69. The molecule has 28 heavy (non-hydrogen) atoms. The Morgan fingerprint density at radius 2 is 2.00 bits per heavy atom. The highest BCUT2D eigenvalue weighted by Gasteiger charge is 2.17. The van der Waals surface area contributed by atoms with Crippen molar-refractivity contribution in [1.29, 1.82) is 0 Å². The fourth-order valence-electron chi connectivity index (χ4n) is 3.72. The molecule has 146 valence electrons. The number of amides is 1. The van der Waals surface area contributed by atoms with Crippen LogP contribution in [0.25, 0.3) is 10.9 Å². The van der Waals surface area contributed by atoms with Crippen LogP contribution in [0.15, 0.2) is 48.7 Å². The molecule has 0 atom stereocenters. The number of nitrogens with zero attached hydrogens (tertiary/aromatic N) is 2. The van der Waals surface area contributed by atoms with Gasteiger partial charge in [-0.1, -0.05) is 24.3 Å². The molecule has 4 rings (SSSR count). The summed E-state index contributed by atoms with van der Waals surface area (Å²) in [6.07, 6.45) is 3.27. The standard InChI is InChI=1S/C23H27N3O2/c1-25(2)23(27)8-5-17-4-7-22-20(13-17)16-26(11-12-28-22)15-18-3-6-19-9-10-24-21(19)14-18/h3-4,6-7,9-10,13-14,24H,5,8,11-12,15-16H2,1-2H3. The van der Waals surface area contributed by atoms with E-state index in [4.69, 9.17) is 4.74 Å². The number of nitrogens with one attached hydrogen (secondary N) is 1. The van der Waals surface area contributed by atoms with E-state index in [0.29, 0.717) is 13.0 Å². The Balaban J connectivity index is 1.46. The molecule has 0 fully saturated rings. The topological polar surface area (TPSA) is 48.6 Å². The highest BCUT2D eigenvalue weighted by Crippen LogP contribution is 2.26. The molecular weight excluding hydrogens is 350 g/mol. The van der Waals surface area contributed by atoms with E-state index < -0.39 is 0 Å². The van der Waals surface area contributed by atoms with Gasteiger partial charge in [-0.15, -0.1) is 0 Å². The average Bonchev–Trinajstić information content (AvgIpc) is 3.05. The van der Waals surface area contributed by atoms with E-state index in [0.717, 1.165) is 31.8 Å². The van der Waals surface area contributed by atoms with Crippen molar-refractivity contribution in [2.75, 3.05) is 27.2 Å². The highest BCUT2D eigenvalue weighted by atomic mass is 16.5. The highest BCUT2D eigenvalue weighted by molar-refractivity contribution is 5.79. The molecule has 0 saturated carbocycles. The van der Waals surface area contributed by atoms with Gasteiger partial charge >= 0.3 is 0 Å². The van der Waals surface area contributed by atoms with E-state index in [2.05, 4.69) is 52.3 Å². The molecule has 0 saturated heterocycles. The van der Waals surface area contributed by atoms with Gasteiger partial charge in [-0.05, 0) is 41.1 Å². The van der Waals surface area contributed by atoms with Gasteiger partial charge in [0.1, 0.15) is 12.4 Å². The quantitative estimate of drug-likeness (QED) is 0.739. The summed E-state index contributed by atoms with van der Waals surface area (Å²) in [6, 6.07) is 15.0. The fraction of sp³-hybridized carbons (Fsp3) is 0.348. The average molecular weight is 377 g/mol. The van der Waals surface area contributed by atoms with Crippen LogP contribution in [0.1, 0.15) is 23.1 Å². The Kier molecular flexibility index (Phi) is 5.35. The van der Waals surface area contributed by atoms with E-state index in [1.807, 2.05) is 6.20 Å². The minimum atomic E-state index is 0.160. The maximum atomic E-state index is 11.9. The summed E-state index contributed by atoms with van der Waals surface area (Å²) in [5.74, 6) is 1.12. The predicted octanol–water partition coefficient (Wildman–Crippen LogP) is 3.58. The zero-order valence-corrected chi connectivity index (χ0v) is 16.6. The van der Waals surface area contributed by atoms with Gasteiger partial charge in [0.2, 0.25) is 5.91 Å². The first-order valence-corrected chi connectivity index (χ1v) is 9.81. The summed E-state index contributed by atoms with van der Waals surface area (Å²) < 4.78 is 5.97. The van der Waals surface area contributed by atoms with Crippen LogP contribution in [0.4, 0.5) is 0 Å². The van der Waals surface area contributed by atoms with Crippen molar-refractivity contribution < 1.29 is 9.53 Å². The number of carbonyl (C=O) groups excluding carboxylic acids is 1. The first-order valence-electron chi connectivity index (χ1n) is 9.81. The van der Waals surface area contributed by atoms with Crippen LogP contribution in [-0.2, 0) is 24.3 Å². The largest absolute Gasteiger partial charge is 0.492 e.